The molecule has 6 heteroatoms. The van der Waals surface area contributed by atoms with Crippen molar-refractivity contribution in [3.8, 4) is 0 Å². The minimum Gasteiger partial charge on any atom is -0.352 e. The molecule has 178 valence electrons. The lowest BCUT2D eigenvalue weighted by molar-refractivity contribution is -0.121. The lowest BCUT2D eigenvalue weighted by Gasteiger charge is -2.36. The van der Waals surface area contributed by atoms with Crippen LogP contribution in [0.15, 0.2) is 48.5 Å². The molecule has 1 unspecified atom stereocenters. The third-order valence-corrected chi connectivity index (χ3v) is 7.38. The number of carbonyl (C=O) groups is 1. The van der Waals surface area contributed by atoms with Crippen LogP contribution in [0.1, 0.15) is 81.6 Å². The lowest BCUT2D eigenvalue weighted by Crippen LogP contribution is -2.40. The molecule has 5 rings (SSSR count). The fourth-order valence-corrected chi connectivity index (χ4v) is 5.23. The number of fused-ring (bicyclic) bond motifs is 1. The fraction of sp³-hybridized carbons (Fsp3) is 0.464. The van der Waals surface area contributed by atoms with E-state index < -0.39 is 0 Å². The molecule has 34 heavy (non-hydrogen) atoms. The zero-order chi connectivity index (χ0) is 23.5. The molecule has 3 aromatic rings. The molecule has 1 atom stereocenters. The molecule has 2 saturated carbocycles. The monoisotopic (exact) mass is 476 g/mol. The van der Waals surface area contributed by atoms with Crippen molar-refractivity contribution >= 4 is 34.2 Å². The van der Waals surface area contributed by atoms with Gasteiger partial charge in [0.1, 0.15) is 11.6 Å². The normalized spacial score (nSPS) is 17.5. The molecular formula is C28H33ClN4O. The van der Waals surface area contributed by atoms with Crippen LogP contribution in [0.3, 0.4) is 0 Å². The van der Waals surface area contributed by atoms with Crippen molar-refractivity contribution in [3.05, 3.63) is 64.9 Å². The summed E-state index contributed by atoms with van der Waals surface area (Å²) in [5, 5.41) is 4.89. The van der Waals surface area contributed by atoms with E-state index in [1.54, 1.807) is 0 Å². The highest BCUT2D eigenvalue weighted by Gasteiger charge is 2.30. The molecule has 1 amide bonds. The number of hydrogen-bond acceptors (Lipinski definition) is 4. The number of aromatic nitrogens is 2. The van der Waals surface area contributed by atoms with Gasteiger partial charge in [0.2, 0.25) is 5.91 Å². The van der Waals surface area contributed by atoms with Crippen molar-refractivity contribution in [2.24, 2.45) is 0 Å². The SMILES string of the molecule is CC(NC(=O)CCN(c1nc(C2CC2)nc2cc(Cl)ccc12)C1CCCCC1)c1ccccc1. The molecule has 0 aliphatic heterocycles. The highest BCUT2D eigenvalue weighted by atomic mass is 35.5. The summed E-state index contributed by atoms with van der Waals surface area (Å²) in [6.45, 7) is 2.69. The minimum atomic E-state index is -0.0136. The Morgan fingerprint density at radius 1 is 1.06 bits per heavy atom. The van der Waals surface area contributed by atoms with Gasteiger partial charge in [-0.1, -0.05) is 61.2 Å². The maximum absolute atomic E-state index is 13.0. The van der Waals surface area contributed by atoms with E-state index >= 15 is 0 Å². The highest BCUT2D eigenvalue weighted by Crippen LogP contribution is 2.41. The van der Waals surface area contributed by atoms with Gasteiger partial charge in [0.15, 0.2) is 0 Å². The fourth-order valence-electron chi connectivity index (χ4n) is 5.06. The zero-order valence-electron chi connectivity index (χ0n) is 19.8. The van der Waals surface area contributed by atoms with Gasteiger partial charge in [-0.25, -0.2) is 9.97 Å². The Morgan fingerprint density at radius 3 is 2.56 bits per heavy atom. The second kappa shape index (κ2) is 10.3. The van der Waals surface area contributed by atoms with E-state index in [9.17, 15) is 4.79 Å². The maximum Gasteiger partial charge on any atom is 0.222 e. The van der Waals surface area contributed by atoms with Gasteiger partial charge in [-0.2, -0.15) is 0 Å². The minimum absolute atomic E-state index is 0.0136. The first-order chi connectivity index (χ1) is 16.6. The molecule has 0 radical (unpaired) electrons. The summed E-state index contributed by atoms with van der Waals surface area (Å²) in [4.78, 5) is 25.3. The van der Waals surface area contributed by atoms with Crippen LogP contribution in [-0.4, -0.2) is 28.5 Å². The van der Waals surface area contributed by atoms with E-state index in [4.69, 9.17) is 21.6 Å². The Labute approximate surface area is 206 Å². The van der Waals surface area contributed by atoms with Crippen LogP contribution in [0, 0.1) is 0 Å². The van der Waals surface area contributed by atoms with Crippen molar-refractivity contribution in [2.75, 3.05) is 11.4 Å². The first-order valence-electron chi connectivity index (χ1n) is 12.7. The van der Waals surface area contributed by atoms with E-state index in [1.165, 1.54) is 19.3 Å². The Kier molecular flexibility index (Phi) is 7.00. The van der Waals surface area contributed by atoms with E-state index in [0.29, 0.717) is 29.9 Å². The molecule has 0 spiro atoms. The van der Waals surface area contributed by atoms with Gasteiger partial charge in [-0.15, -0.1) is 0 Å². The predicted molar refractivity (Wildman–Crippen MR) is 138 cm³/mol. The number of nitrogens with one attached hydrogen (secondary N) is 1. The second-order valence-electron chi connectivity index (χ2n) is 9.78. The van der Waals surface area contributed by atoms with E-state index in [0.717, 1.165) is 53.8 Å². The molecule has 0 saturated heterocycles. The maximum atomic E-state index is 13.0. The van der Waals surface area contributed by atoms with Crippen molar-refractivity contribution in [2.45, 2.75) is 76.3 Å². The van der Waals surface area contributed by atoms with Gasteiger partial charge in [-0.05, 0) is 56.4 Å². The number of amides is 1. The van der Waals surface area contributed by atoms with Crippen LogP contribution < -0.4 is 10.2 Å². The summed E-state index contributed by atoms with van der Waals surface area (Å²) in [5.74, 6) is 2.42. The van der Waals surface area contributed by atoms with Crippen LogP contribution in [0.4, 0.5) is 5.82 Å². The van der Waals surface area contributed by atoms with Crippen molar-refractivity contribution in [3.63, 3.8) is 0 Å². The smallest absolute Gasteiger partial charge is 0.222 e. The van der Waals surface area contributed by atoms with Crippen LogP contribution >= 0.6 is 11.6 Å². The second-order valence-corrected chi connectivity index (χ2v) is 10.2. The Hall–Kier alpha value is -2.66. The number of hydrogen-bond donors (Lipinski definition) is 1. The third kappa shape index (κ3) is 5.35. The molecule has 1 aromatic heterocycles. The topological polar surface area (TPSA) is 58.1 Å². The summed E-state index contributed by atoms with van der Waals surface area (Å²) in [6, 6.07) is 16.4. The molecule has 2 fully saturated rings. The quantitative estimate of drug-likeness (QED) is 0.399. The molecule has 5 nitrogen and oxygen atoms in total. The summed E-state index contributed by atoms with van der Waals surface area (Å²) >= 11 is 6.32. The predicted octanol–water partition coefficient (Wildman–Crippen LogP) is 6.57. The number of rotatable bonds is 8. The number of anilines is 1. The van der Waals surface area contributed by atoms with Gasteiger partial charge >= 0.3 is 0 Å². The van der Waals surface area contributed by atoms with Gasteiger partial charge in [-0.3, -0.25) is 4.79 Å². The number of halogens is 1. The average Bonchev–Trinajstić information content (AvgIpc) is 3.70. The average molecular weight is 477 g/mol. The first-order valence-corrected chi connectivity index (χ1v) is 13.0. The molecule has 2 aliphatic carbocycles. The Morgan fingerprint density at radius 2 is 1.82 bits per heavy atom. The van der Waals surface area contributed by atoms with E-state index in [2.05, 4.69) is 22.3 Å². The first kappa shape index (κ1) is 23.1. The van der Waals surface area contributed by atoms with Gasteiger partial charge in [0, 0.05) is 35.3 Å². The van der Waals surface area contributed by atoms with Crippen LogP contribution in [0.2, 0.25) is 5.02 Å². The highest BCUT2D eigenvalue weighted by molar-refractivity contribution is 6.31. The van der Waals surface area contributed by atoms with Crippen molar-refractivity contribution < 1.29 is 4.79 Å². The van der Waals surface area contributed by atoms with Gasteiger partial charge in [0.25, 0.3) is 0 Å². The van der Waals surface area contributed by atoms with E-state index in [-0.39, 0.29) is 11.9 Å². The molecule has 1 N–H and O–H groups in total. The molecular weight excluding hydrogens is 444 g/mol. The number of carbonyl (C=O) groups excluding carboxylic acids is 1. The number of nitrogens with zero attached hydrogens (tertiary/aromatic N) is 3. The standard InChI is InChI=1S/C28H33ClN4O/c1-19(20-8-4-2-5-9-20)30-26(34)16-17-33(23-10-6-3-7-11-23)28-24-15-14-22(29)18-25(24)31-27(32-28)21-12-13-21/h2,4-5,8-9,14-15,18-19,21,23H,3,6-7,10-13,16-17H2,1H3,(H,30,34). The summed E-state index contributed by atoms with van der Waals surface area (Å²) < 4.78 is 0. The van der Waals surface area contributed by atoms with Crippen LogP contribution in [0.5, 0.6) is 0 Å². The van der Waals surface area contributed by atoms with Crippen molar-refractivity contribution in [1.29, 1.82) is 0 Å². The Balaban J connectivity index is 1.40. The van der Waals surface area contributed by atoms with Crippen LogP contribution in [0.25, 0.3) is 10.9 Å². The van der Waals surface area contributed by atoms with Crippen molar-refractivity contribution in [1.82, 2.24) is 15.3 Å². The third-order valence-electron chi connectivity index (χ3n) is 7.14. The molecule has 2 aliphatic rings. The molecule has 1 heterocycles. The summed E-state index contributed by atoms with van der Waals surface area (Å²) in [5.41, 5.74) is 2.02. The van der Waals surface area contributed by atoms with Crippen LogP contribution in [-0.2, 0) is 4.79 Å². The Bertz CT molecular complexity index is 1140. The number of benzene rings is 2. The van der Waals surface area contributed by atoms with Gasteiger partial charge in [0.05, 0.1) is 11.6 Å². The summed E-state index contributed by atoms with van der Waals surface area (Å²) in [6.07, 6.45) is 8.74. The van der Waals surface area contributed by atoms with Gasteiger partial charge < -0.3 is 10.2 Å². The zero-order valence-corrected chi connectivity index (χ0v) is 20.6. The lowest BCUT2D eigenvalue weighted by atomic mass is 9.93. The van der Waals surface area contributed by atoms with E-state index in [1.807, 2.05) is 43.3 Å². The molecule has 0 bridgehead atoms. The largest absolute Gasteiger partial charge is 0.352 e. The molecule has 2 aromatic carbocycles. The summed E-state index contributed by atoms with van der Waals surface area (Å²) in [7, 11) is 0.